The first-order valence-corrected chi connectivity index (χ1v) is 34.5. The van der Waals surface area contributed by atoms with E-state index in [1.165, 1.54) is 148 Å². The molecule has 0 aromatic carbocycles. The van der Waals surface area contributed by atoms with Gasteiger partial charge in [-0.05, 0) is 51.9 Å². The summed E-state index contributed by atoms with van der Waals surface area (Å²) in [6, 6.07) is -1.03. The first kappa shape index (κ1) is 79.5. The predicted molar refractivity (Wildman–Crippen MR) is 332 cm³/mol. The van der Waals surface area contributed by atoms with Crippen molar-refractivity contribution in [3.63, 3.8) is 0 Å². The van der Waals surface area contributed by atoms with Crippen LogP contribution in [0.2, 0.25) is 0 Å². The smallest absolute Gasteiger partial charge is 0.220 e. The zero-order valence-corrected chi connectivity index (χ0v) is 54.0. The topological polar surface area (TPSA) is 366 Å². The van der Waals surface area contributed by atoms with Gasteiger partial charge in [0.25, 0.3) is 0 Å². The van der Waals surface area contributed by atoms with Gasteiger partial charge in [0.2, 0.25) is 5.91 Å². The third-order valence-electron chi connectivity index (χ3n) is 17.8. The molecule has 0 aromatic rings. The van der Waals surface area contributed by atoms with Crippen molar-refractivity contribution in [2.45, 2.75) is 361 Å². The van der Waals surface area contributed by atoms with Crippen molar-refractivity contribution < 1.29 is 109 Å². The Bertz CT molecular complexity index is 1840. The Kier molecular flexibility index (Phi) is 41.4. The van der Waals surface area contributed by atoms with Gasteiger partial charge in [-0.15, -0.1) is 0 Å². The molecule has 0 spiro atoms. The Labute approximate surface area is 530 Å². The molecule has 0 bridgehead atoms. The highest BCUT2D eigenvalue weighted by atomic mass is 16.8. The number of nitrogens with one attached hydrogen (secondary N) is 1. The molecular formula is C66H121NO22. The molecule has 0 saturated carbocycles. The fraction of sp³-hybridized carbons (Fsp3) is 0.924. The summed E-state index contributed by atoms with van der Waals surface area (Å²) in [4.78, 5) is 13.5. The molecule has 4 heterocycles. The van der Waals surface area contributed by atoms with E-state index in [0.29, 0.717) is 12.8 Å². The van der Waals surface area contributed by atoms with Crippen LogP contribution in [0.25, 0.3) is 0 Å². The lowest BCUT2D eigenvalue weighted by Gasteiger charge is -2.50. The van der Waals surface area contributed by atoms with Crippen LogP contribution in [-0.4, -0.2) is 234 Å². The second-order valence-corrected chi connectivity index (χ2v) is 25.3. The third-order valence-corrected chi connectivity index (χ3v) is 17.8. The lowest BCUT2D eigenvalue weighted by molar-refractivity contribution is -0.405. The SMILES string of the molecule is CCCCCCCC/C=C\CCCCCCCCCCCCCC(=O)N[C@@H](CO[C@@H]1OC(CO)[C@@H](O[C@@H]2OC(CO)[C@H](O)[C@H](O[C@H]3OC(CO)[C@H](O)[C@H](O)C3O)C2O[C@H]2OC(C)[C@@H](O)C(O)[C@@H]2O)[C@H](O)C1O)[C@H](O)/C=C/CCCCCCCCCCCCC. The van der Waals surface area contributed by atoms with Crippen LogP contribution in [-0.2, 0) is 42.7 Å². The van der Waals surface area contributed by atoms with E-state index >= 15 is 0 Å². The summed E-state index contributed by atoms with van der Waals surface area (Å²) < 4.78 is 47.4. The van der Waals surface area contributed by atoms with E-state index in [1.807, 2.05) is 6.08 Å². The summed E-state index contributed by atoms with van der Waals surface area (Å²) in [5, 5.41) is 145. The highest BCUT2D eigenvalue weighted by molar-refractivity contribution is 5.76. The largest absolute Gasteiger partial charge is 0.394 e. The monoisotopic (exact) mass is 1280 g/mol. The number of rotatable bonds is 48. The summed E-state index contributed by atoms with van der Waals surface area (Å²) in [6.45, 7) is 2.73. The molecule has 23 heteroatoms. The molecule has 0 radical (unpaired) electrons. The number of aliphatic hydroxyl groups excluding tert-OH is 13. The first-order valence-electron chi connectivity index (χ1n) is 34.5. The van der Waals surface area contributed by atoms with Gasteiger partial charge in [0.05, 0.1) is 44.7 Å². The highest BCUT2D eigenvalue weighted by Gasteiger charge is 2.56. The maximum Gasteiger partial charge on any atom is 0.220 e. The molecular weight excluding hydrogens is 1160 g/mol. The normalized spacial score (nSPS) is 33.5. The van der Waals surface area contributed by atoms with Crippen LogP contribution in [0.4, 0.5) is 0 Å². The van der Waals surface area contributed by atoms with Gasteiger partial charge >= 0.3 is 0 Å². The van der Waals surface area contributed by atoms with Gasteiger partial charge in [0.1, 0.15) is 91.6 Å². The number of hydrogen-bond acceptors (Lipinski definition) is 22. The Balaban J connectivity index is 1.36. The Hall–Kier alpha value is -1.89. The van der Waals surface area contributed by atoms with E-state index in [9.17, 15) is 71.2 Å². The van der Waals surface area contributed by atoms with Crippen molar-refractivity contribution in [1.82, 2.24) is 5.32 Å². The number of ether oxygens (including phenoxy) is 8. The molecule has 4 saturated heterocycles. The van der Waals surface area contributed by atoms with Crippen LogP contribution in [0.3, 0.4) is 0 Å². The average Bonchev–Trinajstić information content (AvgIpc) is 0.838. The van der Waals surface area contributed by atoms with Crippen molar-refractivity contribution in [1.29, 1.82) is 0 Å². The van der Waals surface area contributed by atoms with Gasteiger partial charge < -0.3 is 110 Å². The molecule has 22 atom stereocenters. The second-order valence-electron chi connectivity index (χ2n) is 25.3. The molecule has 4 aliphatic rings. The van der Waals surface area contributed by atoms with E-state index in [4.69, 9.17) is 37.9 Å². The van der Waals surface area contributed by atoms with Crippen molar-refractivity contribution >= 4 is 5.91 Å². The molecule has 0 aliphatic carbocycles. The molecule has 0 aromatic heterocycles. The maximum atomic E-state index is 13.5. The van der Waals surface area contributed by atoms with Gasteiger partial charge in [-0.25, -0.2) is 0 Å². The molecule has 4 aliphatic heterocycles. The lowest BCUT2D eigenvalue weighted by atomic mass is 9.95. The molecule has 89 heavy (non-hydrogen) atoms. The van der Waals surface area contributed by atoms with Gasteiger partial charge in [0, 0.05) is 6.42 Å². The zero-order valence-electron chi connectivity index (χ0n) is 54.0. The summed E-state index contributed by atoms with van der Waals surface area (Å²) in [5.74, 6) is -0.313. The first-order chi connectivity index (χ1) is 43.0. The minimum absolute atomic E-state index is 0.205. The van der Waals surface area contributed by atoms with Crippen LogP contribution in [0, 0.1) is 0 Å². The number of amides is 1. The molecule has 522 valence electrons. The predicted octanol–water partition coefficient (Wildman–Crippen LogP) is 4.78. The fourth-order valence-corrected chi connectivity index (χ4v) is 12.0. The van der Waals surface area contributed by atoms with Gasteiger partial charge in [-0.3, -0.25) is 4.79 Å². The van der Waals surface area contributed by atoms with Gasteiger partial charge in [-0.1, -0.05) is 192 Å². The van der Waals surface area contributed by atoms with E-state index < -0.39 is 161 Å². The highest BCUT2D eigenvalue weighted by Crippen LogP contribution is 2.36. The van der Waals surface area contributed by atoms with Crippen molar-refractivity contribution in [3.8, 4) is 0 Å². The lowest BCUT2D eigenvalue weighted by Crippen LogP contribution is -2.68. The standard InChI is InChI=1S/C66H121NO22/c1-4-6-8-10-12-14-16-18-19-20-21-22-23-24-25-27-29-31-33-35-37-39-50(72)67-45(46(71)38-36-34-32-30-28-26-17-15-13-11-9-7-5-2)43-82-63-59(81)56(78)60(49(42-70)86-63)87-66-62(89-64-57(79)54(76)51(73)44(3)83-64)61(53(75)48(41-69)85-66)88-65-58(80)55(77)52(74)47(40-68)84-65/h18-19,36,38,44-49,51-66,68-71,73-81H,4-17,20-35,37,39-43H2,1-3H3,(H,67,72)/b19-18-,38-36+/t44?,45-,46+,47?,48?,49?,51+,52-,53-,54?,55-,56+,57-,58?,59?,60+,61-,62?,63+,64+,65+,66-/m0/s1. The van der Waals surface area contributed by atoms with Crippen LogP contribution in [0.1, 0.15) is 226 Å². The van der Waals surface area contributed by atoms with Crippen LogP contribution >= 0.6 is 0 Å². The zero-order chi connectivity index (χ0) is 64.9. The van der Waals surface area contributed by atoms with Gasteiger partial charge in [-0.2, -0.15) is 0 Å². The number of unbranched alkanes of at least 4 members (excludes halogenated alkanes) is 28. The minimum atomic E-state index is -2.02. The third kappa shape index (κ3) is 28.1. The number of hydrogen-bond donors (Lipinski definition) is 14. The van der Waals surface area contributed by atoms with Crippen molar-refractivity contribution in [2.24, 2.45) is 0 Å². The Morgan fingerprint density at radius 1 is 0.416 bits per heavy atom. The number of carbonyl (C=O) groups is 1. The molecule has 1 amide bonds. The Morgan fingerprint density at radius 2 is 0.809 bits per heavy atom. The Morgan fingerprint density at radius 3 is 1.31 bits per heavy atom. The minimum Gasteiger partial charge on any atom is -0.394 e. The molecule has 23 nitrogen and oxygen atoms in total. The second kappa shape index (κ2) is 46.3. The quantitative estimate of drug-likeness (QED) is 0.0288. The summed E-state index contributed by atoms with van der Waals surface area (Å²) in [6.07, 6.45) is 7.73. The maximum absolute atomic E-state index is 13.5. The van der Waals surface area contributed by atoms with Gasteiger partial charge in [0.15, 0.2) is 25.2 Å². The van der Waals surface area contributed by atoms with E-state index in [2.05, 4.69) is 31.3 Å². The average molecular weight is 1280 g/mol. The summed E-state index contributed by atoms with van der Waals surface area (Å²) >= 11 is 0. The molecule has 4 fully saturated rings. The van der Waals surface area contributed by atoms with E-state index in [1.54, 1.807) is 6.08 Å². The van der Waals surface area contributed by atoms with E-state index in [0.717, 1.165) is 44.9 Å². The van der Waals surface area contributed by atoms with Crippen molar-refractivity contribution in [3.05, 3.63) is 24.3 Å². The summed E-state index contributed by atoms with van der Waals surface area (Å²) in [7, 11) is 0. The van der Waals surface area contributed by atoms with Crippen LogP contribution in [0.15, 0.2) is 24.3 Å². The van der Waals surface area contributed by atoms with E-state index in [-0.39, 0.29) is 12.3 Å². The van der Waals surface area contributed by atoms with Crippen LogP contribution < -0.4 is 5.32 Å². The summed E-state index contributed by atoms with van der Waals surface area (Å²) in [5.41, 5.74) is 0. The van der Waals surface area contributed by atoms with Crippen molar-refractivity contribution in [2.75, 3.05) is 26.4 Å². The number of aliphatic hydroxyl groups is 13. The molecule has 14 N–H and O–H groups in total. The number of allylic oxidation sites excluding steroid dienone is 3. The van der Waals surface area contributed by atoms with Crippen LogP contribution in [0.5, 0.6) is 0 Å². The number of carbonyl (C=O) groups excluding carboxylic acids is 1. The molecule has 4 rings (SSSR count). The fourth-order valence-electron chi connectivity index (χ4n) is 12.0. The molecule has 8 unspecified atom stereocenters.